The fourth-order valence-corrected chi connectivity index (χ4v) is 7.15. The molecule has 3 aromatic heterocycles. The number of anilines is 2. The van der Waals surface area contributed by atoms with Gasteiger partial charge in [-0.15, -0.1) is 11.3 Å². The van der Waals surface area contributed by atoms with Crippen molar-refractivity contribution >= 4 is 43.3 Å². The van der Waals surface area contributed by atoms with Gasteiger partial charge in [0.25, 0.3) is 0 Å². The number of aromatic nitrogens is 4. The number of pyridine rings is 1. The van der Waals surface area contributed by atoms with E-state index >= 15 is 0 Å². The third-order valence-electron chi connectivity index (χ3n) is 7.10. The van der Waals surface area contributed by atoms with Crippen LogP contribution in [-0.2, 0) is 10.0 Å². The highest BCUT2D eigenvalue weighted by Crippen LogP contribution is 2.39. The second-order valence-corrected chi connectivity index (χ2v) is 13.1. The molecular formula is C24H33N7O4S2. The van der Waals surface area contributed by atoms with Crippen molar-refractivity contribution in [3.8, 4) is 10.6 Å². The van der Waals surface area contributed by atoms with Gasteiger partial charge in [-0.3, -0.25) is 4.98 Å². The lowest BCUT2D eigenvalue weighted by Crippen LogP contribution is -2.37. The number of hydrogen-bond donors (Lipinski definition) is 5. The highest BCUT2D eigenvalue weighted by molar-refractivity contribution is 7.89. The van der Waals surface area contributed by atoms with Crippen LogP contribution in [0, 0.1) is 32.6 Å². The molecule has 13 heteroatoms. The largest absolute Gasteiger partial charge is 0.390 e. The van der Waals surface area contributed by atoms with Crippen LogP contribution in [-0.4, -0.2) is 76.2 Å². The molecule has 0 saturated heterocycles. The molecule has 0 aromatic carbocycles. The average Bonchev–Trinajstić information content (AvgIpc) is 3.52. The molecule has 0 bridgehead atoms. The van der Waals surface area contributed by atoms with E-state index in [2.05, 4.69) is 20.3 Å². The number of aliphatic hydroxyl groups excluding tert-OH is 2. The number of nitrogens with zero attached hydrogens (tertiary/aromatic N) is 4. The van der Waals surface area contributed by atoms with Gasteiger partial charge in [0.2, 0.25) is 16.0 Å². The summed E-state index contributed by atoms with van der Waals surface area (Å²) in [6, 6.07) is 1.40. The molecule has 1 unspecified atom stereocenters. The Morgan fingerprint density at radius 2 is 1.81 bits per heavy atom. The zero-order valence-electron chi connectivity index (χ0n) is 21.3. The first kappa shape index (κ1) is 26.2. The molecular weight excluding hydrogens is 514 g/mol. The summed E-state index contributed by atoms with van der Waals surface area (Å²) in [6.45, 7) is 6.57. The lowest BCUT2D eigenvalue weighted by atomic mass is 10.1. The van der Waals surface area contributed by atoms with Crippen LogP contribution in [0.4, 0.5) is 11.8 Å². The smallest absolute Gasteiger partial charge is 0.224 e. The lowest BCUT2D eigenvalue weighted by Gasteiger charge is -2.21. The Hall–Kier alpha value is -2.45. The Labute approximate surface area is 220 Å². The van der Waals surface area contributed by atoms with Crippen LogP contribution < -0.4 is 15.4 Å². The van der Waals surface area contributed by atoms with E-state index in [1.165, 1.54) is 31.2 Å². The highest BCUT2D eigenvalue weighted by Gasteiger charge is 2.43. The van der Waals surface area contributed by atoms with Crippen molar-refractivity contribution < 1.29 is 18.6 Å². The molecule has 3 aromatic rings. The number of aryl methyl sites for hydroxylation is 3. The Balaban J connectivity index is 1.51. The standard InChI is InChI=1S/C24H33N7O4S2/c1-11-7-17-19(13(3)27-11)30-23(36-17)18-12(2)28-24(26-9-14-5-6-14)31-22(18)29-16-8-15(20(32)21(16)33)10-37(34,35)25-4/h7,14-16,20-21,25,32-33H,5-6,8-10H2,1-4H3,(H2,26,28,29,31)/t15-,16?,20-,21+/m1/s1. The SMILES string of the molecule is CNS(=O)(=O)C[C@H]1CC(Nc2nc(NCC3CC3)nc(C)c2-c2nc3c(C)nc(C)cc3s2)[C@H](O)[C@@H]1O. The van der Waals surface area contributed by atoms with E-state index in [-0.39, 0.29) is 12.2 Å². The van der Waals surface area contributed by atoms with Gasteiger partial charge in [0.1, 0.15) is 22.4 Å². The first-order valence-corrected chi connectivity index (χ1v) is 14.9. The maximum atomic E-state index is 12.1. The molecule has 0 radical (unpaired) electrons. The fourth-order valence-electron chi connectivity index (χ4n) is 4.88. The maximum absolute atomic E-state index is 12.1. The van der Waals surface area contributed by atoms with Gasteiger partial charge in [-0.05, 0) is 59.1 Å². The number of thiazole rings is 1. The molecule has 2 aliphatic rings. The first-order chi connectivity index (χ1) is 17.5. The number of hydrogen-bond acceptors (Lipinski definition) is 11. The quantitative estimate of drug-likeness (QED) is 0.268. The van der Waals surface area contributed by atoms with Crippen molar-refractivity contribution in [2.24, 2.45) is 11.8 Å². The van der Waals surface area contributed by atoms with Crippen LogP contribution in [0.3, 0.4) is 0 Å². The van der Waals surface area contributed by atoms with Crippen molar-refractivity contribution in [3.05, 3.63) is 23.1 Å². The zero-order chi connectivity index (χ0) is 26.5. The molecule has 5 N–H and O–H groups in total. The van der Waals surface area contributed by atoms with E-state index in [1.54, 1.807) is 0 Å². The van der Waals surface area contributed by atoms with Crippen LogP contribution in [0.1, 0.15) is 36.3 Å². The van der Waals surface area contributed by atoms with Gasteiger partial charge in [-0.2, -0.15) is 4.98 Å². The van der Waals surface area contributed by atoms with Gasteiger partial charge in [0, 0.05) is 18.2 Å². The third-order valence-corrected chi connectivity index (χ3v) is 9.61. The summed E-state index contributed by atoms with van der Waals surface area (Å²) in [6.07, 6.45) is 0.303. The molecule has 0 aliphatic heterocycles. The van der Waals surface area contributed by atoms with Crippen molar-refractivity contribution in [1.82, 2.24) is 24.7 Å². The summed E-state index contributed by atoms with van der Waals surface area (Å²) in [4.78, 5) is 18.8. The van der Waals surface area contributed by atoms with Gasteiger partial charge >= 0.3 is 0 Å². The Morgan fingerprint density at radius 3 is 2.51 bits per heavy atom. The van der Waals surface area contributed by atoms with Crippen LogP contribution >= 0.6 is 11.3 Å². The fraction of sp³-hybridized carbons (Fsp3) is 0.583. The summed E-state index contributed by atoms with van der Waals surface area (Å²) >= 11 is 1.52. The summed E-state index contributed by atoms with van der Waals surface area (Å²) in [5.74, 6) is 0.703. The number of fused-ring (bicyclic) bond motifs is 1. The van der Waals surface area contributed by atoms with E-state index < -0.39 is 34.2 Å². The molecule has 2 saturated carbocycles. The molecule has 4 atom stereocenters. The minimum Gasteiger partial charge on any atom is -0.390 e. The maximum Gasteiger partial charge on any atom is 0.224 e. The average molecular weight is 548 g/mol. The molecule has 200 valence electrons. The number of nitrogens with one attached hydrogen (secondary N) is 3. The van der Waals surface area contributed by atoms with Crippen molar-refractivity contribution in [3.63, 3.8) is 0 Å². The monoisotopic (exact) mass is 547 g/mol. The highest BCUT2D eigenvalue weighted by atomic mass is 32.2. The predicted octanol–water partition coefficient (Wildman–Crippen LogP) is 1.97. The van der Waals surface area contributed by atoms with Crippen molar-refractivity contribution in [1.29, 1.82) is 0 Å². The first-order valence-electron chi connectivity index (χ1n) is 12.5. The normalized spacial score (nSPS) is 24.1. The Morgan fingerprint density at radius 1 is 1.05 bits per heavy atom. The second-order valence-electron chi connectivity index (χ2n) is 10.1. The molecule has 11 nitrogen and oxygen atoms in total. The molecule has 0 spiro atoms. The van der Waals surface area contributed by atoms with Gasteiger partial charge in [0.15, 0.2) is 0 Å². The van der Waals surface area contributed by atoms with E-state index in [9.17, 15) is 18.6 Å². The number of aliphatic hydroxyl groups is 2. The lowest BCUT2D eigenvalue weighted by molar-refractivity contribution is 0.0216. The van der Waals surface area contributed by atoms with E-state index in [1.807, 2.05) is 26.8 Å². The summed E-state index contributed by atoms with van der Waals surface area (Å²) in [7, 11) is -2.21. The van der Waals surface area contributed by atoms with Crippen LogP contribution in [0.25, 0.3) is 20.8 Å². The predicted molar refractivity (Wildman–Crippen MR) is 144 cm³/mol. The van der Waals surface area contributed by atoms with Gasteiger partial charge in [0.05, 0.1) is 39.5 Å². The summed E-state index contributed by atoms with van der Waals surface area (Å²) in [5, 5.41) is 28.8. The van der Waals surface area contributed by atoms with Gasteiger partial charge in [-0.25, -0.2) is 23.1 Å². The Kier molecular flexibility index (Phi) is 7.09. The minimum atomic E-state index is -3.55. The molecule has 5 rings (SSSR count). The van der Waals surface area contributed by atoms with E-state index in [4.69, 9.17) is 15.0 Å². The van der Waals surface area contributed by atoms with Crippen LogP contribution in [0.5, 0.6) is 0 Å². The summed E-state index contributed by atoms with van der Waals surface area (Å²) in [5.41, 5.74) is 4.01. The second kappa shape index (κ2) is 10.0. The number of sulfonamides is 1. The van der Waals surface area contributed by atoms with Crippen molar-refractivity contribution in [2.45, 2.75) is 58.3 Å². The van der Waals surface area contributed by atoms with Crippen LogP contribution in [0.15, 0.2) is 6.07 Å². The summed E-state index contributed by atoms with van der Waals surface area (Å²) < 4.78 is 27.5. The van der Waals surface area contributed by atoms with E-state index in [0.717, 1.165) is 38.9 Å². The molecule has 2 fully saturated rings. The third kappa shape index (κ3) is 5.55. The molecule has 0 amide bonds. The Bertz CT molecular complexity index is 1420. The zero-order valence-corrected chi connectivity index (χ0v) is 22.9. The minimum absolute atomic E-state index is 0.263. The van der Waals surface area contributed by atoms with Gasteiger partial charge in [-0.1, -0.05) is 0 Å². The van der Waals surface area contributed by atoms with Crippen LogP contribution in [0.2, 0.25) is 0 Å². The topological polar surface area (TPSA) is 162 Å². The molecule has 2 aliphatic carbocycles. The molecule has 37 heavy (non-hydrogen) atoms. The van der Waals surface area contributed by atoms with Crippen molar-refractivity contribution in [2.75, 3.05) is 30.0 Å². The van der Waals surface area contributed by atoms with Gasteiger partial charge < -0.3 is 20.8 Å². The molecule has 3 heterocycles. The number of rotatable bonds is 9. The van der Waals surface area contributed by atoms with E-state index in [0.29, 0.717) is 23.2 Å².